The lowest BCUT2D eigenvalue weighted by Crippen LogP contribution is -2.21. The Morgan fingerprint density at radius 2 is 2.06 bits per heavy atom. The fourth-order valence-corrected chi connectivity index (χ4v) is 2.32. The van der Waals surface area contributed by atoms with E-state index in [0.717, 1.165) is 42.9 Å². The summed E-state index contributed by atoms with van der Waals surface area (Å²) in [4.78, 5) is 0. The van der Waals surface area contributed by atoms with Crippen LogP contribution in [-0.2, 0) is 9.47 Å². The van der Waals surface area contributed by atoms with Crippen LogP contribution in [0.15, 0.2) is 28.7 Å². The van der Waals surface area contributed by atoms with Gasteiger partial charge in [0.05, 0.1) is 6.61 Å². The van der Waals surface area contributed by atoms with Gasteiger partial charge in [0.15, 0.2) is 0 Å². The first-order valence-corrected chi connectivity index (χ1v) is 7.18. The van der Waals surface area contributed by atoms with Gasteiger partial charge in [0.2, 0.25) is 0 Å². The molecule has 1 fully saturated rings. The standard InChI is InChI=1S/C14H19BrO3/c15-13-2-1-3-14(10-13)18-9-8-17-11-12-4-6-16-7-5-12/h1-3,10,12H,4-9,11H2. The minimum atomic E-state index is 0.597. The molecule has 100 valence electrons. The largest absolute Gasteiger partial charge is 0.491 e. The maximum atomic E-state index is 5.63. The Morgan fingerprint density at radius 1 is 1.22 bits per heavy atom. The van der Waals surface area contributed by atoms with Crippen molar-refractivity contribution in [1.82, 2.24) is 0 Å². The highest BCUT2D eigenvalue weighted by Gasteiger charge is 2.13. The van der Waals surface area contributed by atoms with Gasteiger partial charge in [0.1, 0.15) is 12.4 Å². The first-order valence-electron chi connectivity index (χ1n) is 6.38. The maximum absolute atomic E-state index is 5.63. The van der Waals surface area contributed by atoms with Crippen LogP contribution in [0.2, 0.25) is 0 Å². The third-order valence-corrected chi connectivity index (χ3v) is 3.48. The molecule has 1 aromatic rings. The van der Waals surface area contributed by atoms with Crippen molar-refractivity contribution in [1.29, 1.82) is 0 Å². The second-order valence-electron chi connectivity index (χ2n) is 4.44. The Kier molecular flexibility index (Phi) is 5.97. The lowest BCUT2D eigenvalue weighted by Gasteiger charge is -2.21. The van der Waals surface area contributed by atoms with Gasteiger partial charge in [-0.1, -0.05) is 22.0 Å². The summed E-state index contributed by atoms with van der Waals surface area (Å²) in [6.07, 6.45) is 2.24. The zero-order valence-corrected chi connectivity index (χ0v) is 12.0. The molecule has 0 unspecified atom stereocenters. The van der Waals surface area contributed by atoms with E-state index in [1.54, 1.807) is 0 Å². The van der Waals surface area contributed by atoms with E-state index in [0.29, 0.717) is 19.1 Å². The fourth-order valence-electron chi connectivity index (χ4n) is 1.94. The Morgan fingerprint density at radius 3 is 2.83 bits per heavy atom. The highest BCUT2D eigenvalue weighted by molar-refractivity contribution is 9.10. The summed E-state index contributed by atoms with van der Waals surface area (Å²) in [6, 6.07) is 7.85. The van der Waals surface area contributed by atoms with Gasteiger partial charge in [-0.15, -0.1) is 0 Å². The molecule has 0 amide bonds. The SMILES string of the molecule is Brc1cccc(OCCOCC2CCOCC2)c1. The monoisotopic (exact) mass is 314 g/mol. The highest BCUT2D eigenvalue weighted by atomic mass is 79.9. The van der Waals surface area contributed by atoms with E-state index in [1.807, 2.05) is 24.3 Å². The predicted molar refractivity (Wildman–Crippen MR) is 74.0 cm³/mol. The normalized spacial score (nSPS) is 16.7. The number of halogens is 1. The van der Waals surface area contributed by atoms with Crippen LogP contribution >= 0.6 is 15.9 Å². The molecule has 1 saturated heterocycles. The smallest absolute Gasteiger partial charge is 0.120 e. The Bertz CT molecular complexity index is 351. The van der Waals surface area contributed by atoms with Crippen LogP contribution in [-0.4, -0.2) is 33.0 Å². The summed E-state index contributed by atoms with van der Waals surface area (Å²) in [5.41, 5.74) is 0. The first kappa shape index (κ1) is 13.8. The maximum Gasteiger partial charge on any atom is 0.120 e. The lowest BCUT2D eigenvalue weighted by molar-refractivity contribution is 0.0139. The number of benzene rings is 1. The summed E-state index contributed by atoms with van der Waals surface area (Å²) >= 11 is 3.41. The van der Waals surface area contributed by atoms with Crippen LogP contribution in [0.5, 0.6) is 5.75 Å². The third-order valence-electron chi connectivity index (χ3n) is 2.99. The van der Waals surface area contributed by atoms with E-state index in [9.17, 15) is 0 Å². The number of ether oxygens (including phenoxy) is 3. The van der Waals surface area contributed by atoms with Gasteiger partial charge >= 0.3 is 0 Å². The first-order chi connectivity index (χ1) is 8.84. The van der Waals surface area contributed by atoms with Crippen LogP contribution in [0.25, 0.3) is 0 Å². The van der Waals surface area contributed by atoms with Gasteiger partial charge in [-0.3, -0.25) is 0 Å². The topological polar surface area (TPSA) is 27.7 Å². The van der Waals surface area contributed by atoms with Gasteiger partial charge in [0, 0.05) is 24.3 Å². The summed E-state index contributed by atoms with van der Waals surface area (Å²) in [5.74, 6) is 1.53. The van der Waals surface area contributed by atoms with Gasteiger partial charge < -0.3 is 14.2 Å². The number of hydrogen-bond donors (Lipinski definition) is 0. The van der Waals surface area contributed by atoms with Crippen molar-refractivity contribution in [2.75, 3.05) is 33.0 Å². The van der Waals surface area contributed by atoms with Crippen molar-refractivity contribution >= 4 is 15.9 Å². The Hall–Kier alpha value is -0.580. The quantitative estimate of drug-likeness (QED) is 0.754. The van der Waals surface area contributed by atoms with Gasteiger partial charge in [-0.25, -0.2) is 0 Å². The van der Waals surface area contributed by atoms with E-state index in [2.05, 4.69) is 15.9 Å². The van der Waals surface area contributed by atoms with E-state index < -0.39 is 0 Å². The number of rotatable bonds is 6. The summed E-state index contributed by atoms with van der Waals surface area (Å²) in [7, 11) is 0. The van der Waals surface area contributed by atoms with Crippen LogP contribution in [0.3, 0.4) is 0 Å². The molecule has 1 heterocycles. The van der Waals surface area contributed by atoms with E-state index >= 15 is 0 Å². The van der Waals surface area contributed by atoms with Gasteiger partial charge in [0.25, 0.3) is 0 Å². The Labute approximate surface area is 117 Å². The molecule has 0 N–H and O–H groups in total. The molecule has 0 bridgehead atoms. The van der Waals surface area contributed by atoms with Crippen molar-refractivity contribution in [3.8, 4) is 5.75 Å². The van der Waals surface area contributed by atoms with Crippen molar-refractivity contribution in [3.05, 3.63) is 28.7 Å². The molecular weight excluding hydrogens is 296 g/mol. The molecule has 1 aliphatic rings. The molecule has 18 heavy (non-hydrogen) atoms. The molecule has 0 atom stereocenters. The molecule has 0 radical (unpaired) electrons. The average Bonchev–Trinajstić information content (AvgIpc) is 2.40. The summed E-state index contributed by atoms with van der Waals surface area (Å²) in [5, 5.41) is 0. The highest BCUT2D eigenvalue weighted by Crippen LogP contribution is 2.18. The summed E-state index contributed by atoms with van der Waals surface area (Å²) < 4.78 is 17.6. The van der Waals surface area contributed by atoms with Crippen LogP contribution < -0.4 is 4.74 Å². The molecule has 3 nitrogen and oxygen atoms in total. The zero-order chi connectivity index (χ0) is 12.6. The molecule has 4 heteroatoms. The minimum Gasteiger partial charge on any atom is -0.491 e. The van der Waals surface area contributed by atoms with Crippen LogP contribution in [0.4, 0.5) is 0 Å². The van der Waals surface area contributed by atoms with E-state index in [4.69, 9.17) is 14.2 Å². The molecule has 0 saturated carbocycles. The lowest BCUT2D eigenvalue weighted by atomic mass is 10.0. The molecule has 2 rings (SSSR count). The Balaban J connectivity index is 1.55. The summed E-state index contributed by atoms with van der Waals surface area (Å²) in [6.45, 7) is 3.82. The van der Waals surface area contributed by atoms with E-state index in [-0.39, 0.29) is 0 Å². The van der Waals surface area contributed by atoms with Crippen molar-refractivity contribution in [3.63, 3.8) is 0 Å². The second-order valence-corrected chi connectivity index (χ2v) is 5.35. The van der Waals surface area contributed by atoms with Crippen LogP contribution in [0, 0.1) is 5.92 Å². The van der Waals surface area contributed by atoms with Crippen molar-refractivity contribution in [2.24, 2.45) is 5.92 Å². The van der Waals surface area contributed by atoms with E-state index in [1.165, 1.54) is 0 Å². The van der Waals surface area contributed by atoms with Gasteiger partial charge in [-0.2, -0.15) is 0 Å². The van der Waals surface area contributed by atoms with Crippen molar-refractivity contribution in [2.45, 2.75) is 12.8 Å². The molecular formula is C14H19BrO3. The number of hydrogen-bond acceptors (Lipinski definition) is 3. The average molecular weight is 315 g/mol. The molecule has 1 aliphatic heterocycles. The molecule has 0 spiro atoms. The predicted octanol–water partition coefficient (Wildman–Crippen LogP) is 3.27. The van der Waals surface area contributed by atoms with Crippen LogP contribution in [0.1, 0.15) is 12.8 Å². The van der Waals surface area contributed by atoms with Gasteiger partial charge in [-0.05, 0) is 37.0 Å². The third kappa shape index (κ3) is 4.96. The molecule has 0 aromatic heterocycles. The fraction of sp³-hybridized carbons (Fsp3) is 0.571. The molecule has 1 aromatic carbocycles. The zero-order valence-electron chi connectivity index (χ0n) is 10.4. The van der Waals surface area contributed by atoms with Crippen molar-refractivity contribution < 1.29 is 14.2 Å². The molecule has 0 aliphatic carbocycles. The minimum absolute atomic E-state index is 0.597. The second kappa shape index (κ2) is 7.77.